The van der Waals surface area contributed by atoms with Crippen LogP contribution in [0.5, 0.6) is 0 Å². The van der Waals surface area contributed by atoms with Crippen LogP contribution in [0.4, 0.5) is 0 Å². The topological polar surface area (TPSA) is 28.7 Å². The molecule has 0 atom stereocenters. The average molecular weight is 188 g/mol. The lowest BCUT2D eigenvalue weighted by Crippen LogP contribution is -1.96. The molecule has 0 aliphatic rings. The van der Waals surface area contributed by atoms with Crippen LogP contribution in [0.1, 0.15) is 36.5 Å². The quantitative estimate of drug-likeness (QED) is 0.730. The zero-order valence-corrected chi connectivity index (χ0v) is 9.18. The number of nitrogens with zero attached hydrogens (tertiary/aromatic N) is 1. The maximum Gasteiger partial charge on any atom is 0.0932 e. The number of benzene rings is 1. The van der Waals surface area contributed by atoms with Gasteiger partial charge in [-0.25, -0.2) is 4.98 Å². The Labute approximate surface area is 84.4 Å². The highest BCUT2D eigenvalue weighted by molar-refractivity contribution is 5.81. The first-order chi connectivity index (χ1) is 6.61. The summed E-state index contributed by atoms with van der Waals surface area (Å²) in [4.78, 5) is 7.56. The van der Waals surface area contributed by atoms with Crippen LogP contribution < -0.4 is 0 Å². The highest BCUT2D eigenvalue weighted by Gasteiger charge is 2.12. The van der Waals surface area contributed by atoms with Gasteiger partial charge in [-0.3, -0.25) is 0 Å². The normalized spacial score (nSPS) is 11.5. The number of fused-ring (bicyclic) bond motifs is 1. The standard InChI is InChI=1S/C12H16N2/c1-7(2)11-9(4)8(3)5-10-12(11)14-6-13-10/h5-7H,1-4H3,(H,13,14). The third-order valence-electron chi connectivity index (χ3n) is 2.86. The minimum Gasteiger partial charge on any atom is -0.345 e. The maximum absolute atomic E-state index is 4.39. The Bertz CT molecular complexity index is 466. The number of aromatic nitrogens is 2. The Balaban J connectivity index is 2.86. The molecule has 2 aromatic rings. The van der Waals surface area contributed by atoms with Crippen molar-refractivity contribution in [3.63, 3.8) is 0 Å². The van der Waals surface area contributed by atoms with Crippen molar-refractivity contribution in [1.29, 1.82) is 0 Å². The lowest BCUT2D eigenvalue weighted by Gasteiger charge is -2.12. The van der Waals surface area contributed by atoms with Gasteiger partial charge in [-0.1, -0.05) is 13.8 Å². The molecule has 0 radical (unpaired) electrons. The van der Waals surface area contributed by atoms with Gasteiger partial charge in [0.1, 0.15) is 0 Å². The van der Waals surface area contributed by atoms with Crippen molar-refractivity contribution in [3.8, 4) is 0 Å². The SMILES string of the molecule is Cc1cc2[nH]cnc2c(C(C)C)c1C. The lowest BCUT2D eigenvalue weighted by atomic mass is 9.93. The van der Waals surface area contributed by atoms with E-state index in [1.54, 1.807) is 6.33 Å². The number of hydrogen-bond donors (Lipinski definition) is 1. The molecule has 0 fully saturated rings. The summed E-state index contributed by atoms with van der Waals surface area (Å²) >= 11 is 0. The number of nitrogens with one attached hydrogen (secondary N) is 1. The fourth-order valence-electron chi connectivity index (χ4n) is 2.05. The van der Waals surface area contributed by atoms with Crippen LogP contribution in [0.25, 0.3) is 11.0 Å². The van der Waals surface area contributed by atoms with Crippen molar-refractivity contribution < 1.29 is 0 Å². The van der Waals surface area contributed by atoms with Crippen LogP contribution in [-0.2, 0) is 0 Å². The molecular formula is C12H16N2. The van der Waals surface area contributed by atoms with Crippen molar-refractivity contribution in [3.05, 3.63) is 29.1 Å². The maximum atomic E-state index is 4.39. The van der Waals surface area contributed by atoms with Gasteiger partial charge in [0.05, 0.1) is 17.4 Å². The molecule has 0 aliphatic heterocycles. The van der Waals surface area contributed by atoms with Gasteiger partial charge in [-0.2, -0.15) is 0 Å². The summed E-state index contributed by atoms with van der Waals surface area (Å²) in [5.41, 5.74) is 6.37. The van der Waals surface area contributed by atoms with Crippen molar-refractivity contribution >= 4 is 11.0 Å². The number of imidazole rings is 1. The highest BCUT2D eigenvalue weighted by Crippen LogP contribution is 2.28. The molecule has 2 rings (SSSR count). The third kappa shape index (κ3) is 1.22. The van der Waals surface area contributed by atoms with E-state index in [0.717, 1.165) is 11.0 Å². The van der Waals surface area contributed by atoms with E-state index in [2.05, 4.69) is 43.7 Å². The van der Waals surface area contributed by atoms with E-state index >= 15 is 0 Å². The minimum atomic E-state index is 0.528. The van der Waals surface area contributed by atoms with Gasteiger partial charge in [0.2, 0.25) is 0 Å². The zero-order chi connectivity index (χ0) is 10.3. The summed E-state index contributed by atoms with van der Waals surface area (Å²) in [6, 6.07) is 2.17. The molecule has 0 bridgehead atoms. The van der Waals surface area contributed by atoms with Gasteiger partial charge in [0, 0.05) is 0 Å². The molecule has 0 saturated heterocycles. The summed E-state index contributed by atoms with van der Waals surface area (Å²) in [6.45, 7) is 8.77. The van der Waals surface area contributed by atoms with E-state index in [-0.39, 0.29) is 0 Å². The molecule has 0 spiro atoms. The summed E-state index contributed by atoms with van der Waals surface area (Å²) < 4.78 is 0. The predicted octanol–water partition coefficient (Wildman–Crippen LogP) is 3.30. The van der Waals surface area contributed by atoms with Crippen LogP contribution >= 0.6 is 0 Å². The second-order valence-electron chi connectivity index (χ2n) is 4.19. The van der Waals surface area contributed by atoms with Gasteiger partial charge in [0.15, 0.2) is 0 Å². The van der Waals surface area contributed by atoms with Gasteiger partial charge < -0.3 is 4.98 Å². The van der Waals surface area contributed by atoms with Gasteiger partial charge in [0.25, 0.3) is 0 Å². The Morgan fingerprint density at radius 2 is 2.00 bits per heavy atom. The highest BCUT2D eigenvalue weighted by atomic mass is 14.9. The van der Waals surface area contributed by atoms with Crippen LogP contribution in [0.2, 0.25) is 0 Å². The predicted molar refractivity (Wildman–Crippen MR) is 59.7 cm³/mol. The molecule has 1 aromatic heterocycles. The van der Waals surface area contributed by atoms with Crippen molar-refractivity contribution in [2.75, 3.05) is 0 Å². The number of rotatable bonds is 1. The van der Waals surface area contributed by atoms with Crippen molar-refractivity contribution in [2.24, 2.45) is 0 Å². The van der Waals surface area contributed by atoms with E-state index in [1.165, 1.54) is 16.7 Å². The molecule has 0 saturated carbocycles. The van der Waals surface area contributed by atoms with Crippen molar-refractivity contribution in [2.45, 2.75) is 33.6 Å². The third-order valence-corrected chi connectivity index (χ3v) is 2.86. The lowest BCUT2D eigenvalue weighted by molar-refractivity contribution is 0.861. The first kappa shape index (κ1) is 9.25. The van der Waals surface area contributed by atoms with Gasteiger partial charge in [-0.15, -0.1) is 0 Å². The first-order valence-electron chi connectivity index (χ1n) is 5.04. The van der Waals surface area contributed by atoms with Crippen LogP contribution in [0.15, 0.2) is 12.4 Å². The summed E-state index contributed by atoms with van der Waals surface area (Å²) in [7, 11) is 0. The van der Waals surface area contributed by atoms with E-state index in [4.69, 9.17) is 0 Å². The molecule has 1 N–H and O–H groups in total. The molecule has 1 heterocycles. The van der Waals surface area contributed by atoms with E-state index in [9.17, 15) is 0 Å². The molecular weight excluding hydrogens is 172 g/mol. The molecule has 74 valence electrons. The van der Waals surface area contributed by atoms with Crippen LogP contribution in [0, 0.1) is 13.8 Å². The fraction of sp³-hybridized carbons (Fsp3) is 0.417. The molecule has 0 amide bonds. The Kier molecular flexibility index (Phi) is 2.06. The zero-order valence-electron chi connectivity index (χ0n) is 9.18. The van der Waals surface area contributed by atoms with E-state index < -0.39 is 0 Å². The first-order valence-corrected chi connectivity index (χ1v) is 5.04. The molecule has 2 nitrogen and oxygen atoms in total. The minimum absolute atomic E-state index is 0.528. The summed E-state index contributed by atoms with van der Waals surface area (Å²) in [5, 5.41) is 0. The second kappa shape index (κ2) is 3.12. The number of aromatic amines is 1. The monoisotopic (exact) mass is 188 g/mol. The fourth-order valence-corrected chi connectivity index (χ4v) is 2.05. The molecule has 14 heavy (non-hydrogen) atoms. The number of aryl methyl sites for hydroxylation is 1. The number of hydrogen-bond acceptors (Lipinski definition) is 1. The largest absolute Gasteiger partial charge is 0.345 e. The number of H-pyrrole nitrogens is 1. The summed E-state index contributed by atoms with van der Waals surface area (Å²) in [5.74, 6) is 0.528. The average Bonchev–Trinajstić information content (AvgIpc) is 2.52. The molecule has 2 heteroatoms. The molecule has 0 aliphatic carbocycles. The Morgan fingerprint density at radius 1 is 1.29 bits per heavy atom. The van der Waals surface area contributed by atoms with E-state index in [0.29, 0.717) is 5.92 Å². The smallest absolute Gasteiger partial charge is 0.0932 e. The molecule has 1 aromatic carbocycles. The Morgan fingerprint density at radius 3 is 2.64 bits per heavy atom. The second-order valence-corrected chi connectivity index (χ2v) is 4.19. The van der Waals surface area contributed by atoms with Crippen LogP contribution in [-0.4, -0.2) is 9.97 Å². The van der Waals surface area contributed by atoms with Gasteiger partial charge in [-0.05, 0) is 42.5 Å². The summed E-state index contributed by atoms with van der Waals surface area (Å²) in [6.07, 6.45) is 1.77. The Hall–Kier alpha value is -1.31. The van der Waals surface area contributed by atoms with Crippen LogP contribution in [0.3, 0.4) is 0 Å². The molecule has 0 unspecified atom stereocenters. The van der Waals surface area contributed by atoms with Crippen molar-refractivity contribution in [1.82, 2.24) is 9.97 Å². The van der Waals surface area contributed by atoms with E-state index in [1.807, 2.05) is 0 Å². The van der Waals surface area contributed by atoms with Gasteiger partial charge >= 0.3 is 0 Å².